The zero-order chi connectivity index (χ0) is 19.8. The Morgan fingerprint density at radius 3 is 2.70 bits per heavy atom. The lowest BCUT2D eigenvalue weighted by atomic mass is 9.98. The van der Waals surface area contributed by atoms with Gasteiger partial charge < -0.3 is 9.32 Å². The molecule has 1 aromatic carbocycles. The first-order valence-corrected chi connectivity index (χ1v) is 9.76. The van der Waals surface area contributed by atoms with E-state index in [9.17, 15) is 17.6 Å². The zero-order valence-electron chi connectivity index (χ0n) is 15.1. The number of carbonyl (C=O) groups is 1. The third-order valence-electron chi connectivity index (χ3n) is 4.35. The van der Waals surface area contributed by atoms with Crippen molar-refractivity contribution in [2.45, 2.75) is 17.9 Å². The summed E-state index contributed by atoms with van der Waals surface area (Å²) in [6.45, 7) is 1.89. The molecule has 2 aromatic rings. The van der Waals surface area contributed by atoms with Crippen LogP contribution in [-0.4, -0.2) is 39.9 Å². The first-order valence-electron chi connectivity index (χ1n) is 8.28. The number of halogens is 1. The molecule has 3 rings (SSSR count). The van der Waals surface area contributed by atoms with Gasteiger partial charge >= 0.3 is 0 Å². The van der Waals surface area contributed by atoms with Gasteiger partial charge in [-0.2, -0.15) is 0 Å². The molecule has 0 radical (unpaired) electrons. The predicted molar refractivity (Wildman–Crippen MR) is 96.7 cm³/mol. The topological polar surface area (TPSA) is 104 Å². The number of anilines is 1. The first-order chi connectivity index (χ1) is 12.7. The van der Waals surface area contributed by atoms with Crippen LogP contribution in [0.2, 0.25) is 0 Å². The first kappa shape index (κ1) is 19.3. The average molecular weight is 396 g/mol. The average Bonchev–Trinajstić information content (AvgIpc) is 3.22. The molecule has 2 unspecified atom stereocenters. The minimum atomic E-state index is -4.06. The van der Waals surface area contributed by atoms with Crippen molar-refractivity contribution in [3.8, 4) is 0 Å². The van der Waals surface area contributed by atoms with Crippen LogP contribution in [0.3, 0.4) is 0 Å². The molecule has 1 aliphatic heterocycles. The number of para-hydroxylation sites is 1. The Bertz CT molecular complexity index is 958. The van der Waals surface area contributed by atoms with Crippen molar-refractivity contribution in [1.82, 2.24) is 15.8 Å². The van der Waals surface area contributed by atoms with Crippen LogP contribution < -0.4 is 15.6 Å². The number of amides is 1. The van der Waals surface area contributed by atoms with Crippen LogP contribution in [-0.2, 0) is 14.8 Å². The van der Waals surface area contributed by atoms with Crippen molar-refractivity contribution in [3.63, 3.8) is 0 Å². The van der Waals surface area contributed by atoms with Gasteiger partial charge in [0.25, 0.3) is 10.0 Å². The molecular formula is C17H21FN4O4S. The van der Waals surface area contributed by atoms with Crippen LogP contribution >= 0.6 is 0 Å². The predicted octanol–water partition coefficient (Wildman–Crippen LogP) is 1.38. The second kappa shape index (κ2) is 7.29. The Hall–Kier alpha value is -2.43. The van der Waals surface area contributed by atoms with Crippen molar-refractivity contribution in [1.29, 1.82) is 0 Å². The standard InChI is InChI=1S/C17H21FN4O4S/c1-10-15(27(24,25)21-13-7-5-4-6-12(13)18)8-14(26-10)16-11(9-19-20-16)17(23)22(2)3/h4-8,11,16,19-21H,9H2,1-3H3. The van der Waals surface area contributed by atoms with E-state index in [4.69, 9.17) is 4.42 Å². The molecule has 1 amide bonds. The van der Waals surface area contributed by atoms with Crippen LogP contribution in [0.1, 0.15) is 17.6 Å². The number of hydrogen-bond donors (Lipinski definition) is 3. The van der Waals surface area contributed by atoms with Crippen LogP contribution in [0, 0.1) is 18.7 Å². The number of carbonyl (C=O) groups excluding carboxylic acids is 1. The highest BCUT2D eigenvalue weighted by atomic mass is 32.2. The lowest BCUT2D eigenvalue weighted by Gasteiger charge is -2.19. The summed E-state index contributed by atoms with van der Waals surface area (Å²) in [6.07, 6.45) is 0. The van der Waals surface area contributed by atoms with E-state index < -0.39 is 27.8 Å². The fourth-order valence-electron chi connectivity index (χ4n) is 2.98. The summed E-state index contributed by atoms with van der Waals surface area (Å²) in [5.41, 5.74) is 5.69. The van der Waals surface area contributed by atoms with E-state index >= 15 is 0 Å². The van der Waals surface area contributed by atoms with Crippen LogP contribution in [0.25, 0.3) is 0 Å². The Balaban J connectivity index is 1.90. The molecule has 10 heteroatoms. The van der Waals surface area contributed by atoms with Crippen molar-refractivity contribution in [2.24, 2.45) is 5.92 Å². The van der Waals surface area contributed by atoms with Gasteiger partial charge in [0.05, 0.1) is 17.6 Å². The summed E-state index contributed by atoms with van der Waals surface area (Å²) in [7, 11) is -0.752. The summed E-state index contributed by atoms with van der Waals surface area (Å²) in [5, 5.41) is 0. The smallest absolute Gasteiger partial charge is 0.265 e. The number of hydrazine groups is 1. The van der Waals surface area contributed by atoms with E-state index in [1.54, 1.807) is 14.1 Å². The number of sulfonamides is 1. The molecule has 0 spiro atoms. The number of benzene rings is 1. The lowest BCUT2D eigenvalue weighted by molar-refractivity contribution is -0.133. The van der Waals surface area contributed by atoms with Crippen LogP contribution in [0.5, 0.6) is 0 Å². The molecule has 1 fully saturated rings. The van der Waals surface area contributed by atoms with E-state index in [-0.39, 0.29) is 22.3 Å². The SMILES string of the molecule is Cc1oc(C2NNCC2C(=O)N(C)C)cc1S(=O)(=O)Nc1ccccc1F. The molecule has 0 bridgehead atoms. The van der Waals surface area contributed by atoms with Crippen molar-refractivity contribution >= 4 is 21.6 Å². The highest BCUT2D eigenvalue weighted by molar-refractivity contribution is 7.92. The summed E-state index contributed by atoms with van der Waals surface area (Å²) in [5.74, 6) is -0.771. The molecular weight excluding hydrogens is 375 g/mol. The number of nitrogens with zero attached hydrogens (tertiary/aromatic N) is 1. The molecule has 2 heterocycles. The van der Waals surface area contributed by atoms with Gasteiger partial charge in [-0.25, -0.2) is 18.2 Å². The van der Waals surface area contributed by atoms with E-state index in [0.29, 0.717) is 12.3 Å². The summed E-state index contributed by atoms with van der Waals surface area (Å²) >= 11 is 0. The molecule has 3 N–H and O–H groups in total. The molecule has 0 aliphatic carbocycles. The molecule has 27 heavy (non-hydrogen) atoms. The summed E-state index contributed by atoms with van der Waals surface area (Å²) < 4.78 is 47.0. The quantitative estimate of drug-likeness (QED) is 0.706. The van der Waals surface area contributed by atoms with E-state index in [2.05, 4.69) is 15.6 Å². The third-order valence-corrected chi connectivity index (χ3v) is 5.82. The highest BCUT2D eigenvalue weighted by Gasteiger charge is 2.38. The van der Waals surface area contributed by atoms with Crippen LogP contribution in [0.4, 0.5) is 10.1 Å². The maximum atomic E-state index is 13.8. The van der Waals surface area contributed by atoms with Gasteiger partial charge in [0.1, 0.15) is 22.2 Å². The van der Waals surface area contributed by atoms with Crippen molar-refractivity contribution < 1.29 is 22.0 Å². The third kappa shape index (κ3) is 3.82. The minimum Gasteiger partial charge on any atom is -0.463 e. The Kier molecular flexibility index (Phi) is 5.22. The normalized spacial score (nSPS) is 19.9. The van der Waals surface area contributed by atoms with Gasteiger partial charge in [0, 0.05) is 26.7 Å². The van der Waals surface area contributed by atoms with E-state index in [0.717, 1.165) is 6.07 Å². The molecule has 146 valence electrons. The van der Waals surface area contributed by atoms with Gasteiger partial charge in [-0.05, 0) is 19.1 Å². The summed E-state index contributed by atoms with van der Waals surface area (Å²) in [6, 6.07) is 6.33. The van der Waals surface area contributed by atoms with Crippen molar-refractivity contribution in [3.05, 3.63) is 47.7 Å². The summed E-state index contributed by atoms with van der Waals surface area (Å²) in [4.78, 5) is 13.7. The number of nitrogens with one attached hydrogen (secondary N) is 3. The Labute approximate surface area is 156 Å². The second-order valence-corrected chi connectivity index (χ2v) is 8.15. The zero-order valence-corrected chi connectivity index (χ0v) is 15.9. The minimum absolute atomic E-state index is 0.106. The highest BCUT2D eigenvalue weighted by Crippen LogP contribution is 2.32. The Morgan fingerprint density at radius 1 is 1.33 bits per heavy atom. The number of aryl methyl sites for hydroxylation is 1. The van der Waals surface area contributed by atoms with E-state index in [1.165, 1.54) is 36.1 Å². The molecule has 1 aliphatic rings. The Morgan fingerprint density at radius 2 is 2.04 bits per heavy atom. The van der Waals surface area contributed by atoms with Crippen molar-refractivity contribution in [2.75, 3.05) is 25.4 Å². The molecule has 2 atom stereocenters. The van der Waals surface area contributed by atoms with Gasteiger partial charge in [-0.15, -0.1) is 0 Å². The van der Waals surface area contributed by atoms with Gasteiger partial charge in [0.2, 0.25) is 5.91 Å². The number of hydrogen-bond acceptors (Lipinski definition) is 6. The fourth-order valence-corrected chi connectivity index (χ4v) is 4.24. The second-order valence-electron chi connectivity index (χ2n) is 6.50. The van der Waals surface area contributed by atoms with Gasteiger partial charge in [0.15, 0.2) is 0 Å². The van der Waals surface area contributed by atoms with Gasteiger partial charge in [-0.1, -0.05) is 12.1 Å². The van der Waals surface area contributed by atoms with Crippen LogP contribution in [0.15, 0.2) is 39.6 Å². The van der Waals surface area contributed by atoms with Gasteiger partial charge in [-0.3, -0.25) is 14.9 Å². The lowest BCUT2D eigenvalue weighted by Crippen LogP contribution is -2.34. The molecule has 8 nitrogen and oxygen atoms in total. The maximum absolute atomic E-state index is 13.8. The number of rotatable bonds is 5. The van der Waals surface area contributed by atoms with E-state index in [1.807, 2.05) is 0 Å². The molecule has 1 saturated heterocycles. The monoisotopic (exact) mass is 396 g/mol. The fraction of sp³-hybridized carbons (Fsp3) is 0.353. The molecule has 0 saturated carbocycles. The maximum Gasteiger partial charge on any atom is 0.265 e. The molecule has 1 aromatic heterocycles. The number of furan rings is 1. The largest absolute Gasteiger partial charge is 0.463 e.